The van der Waals surface area contributed by atoms with Crippen LogP contribution in [-0.4, -0.2) is 20.2 Å². The first-order chi connectivity index (χ1) is 4.04. The number of primary amides is 1. The van der Waals surface area contributed by atoms with E-state index < -0.39 is 22.3 Å². The summed E-state index contributed by atoms with van der Waals surface area (Å²) in [6.45, 7) is 0. The van der Waals surface area contributed by atoms with Gasteiger partial charge in [-0.05, 0) is 0 Å². The van der Waals surface area contributed by atoms with E-state index in [0.717, 1.165) is 0 Å². The lowest BCUT2D eigenvalue weighted by atomic mass is 10.6. The van der Waals surface area contributed by atoms with E-state index in [1.807, 2.05) is 0 Å². The van der Waals surface area contributed by atoms with Crippen molar-refractivity contribution in [2.24, 2.45) is 10.1 Å². The van der Waals surface area contributed by atoms with Crippen LogP contribution in [0.4, 0.5) is 0 Å². The molecule has 0 spiro atoms. The van der Waals surface area contributed by atoms with Gasteiger partial charge >= 0.3 is 22.3 Å². The first-order valence-electron chi connectivity index (χ1n) is 1.69. The predicted molar refractivity (Wildman–Crippen MR) is 25.5 cm³/mol. The summed E-state index contributed by atoms with van der Waals surface area (Å²) in [6, 6.07) is 0. The molecule has 0 aliphatic rings. The van der Waals surface area contributed by atoms with Gasteiger partial charge in [0.1, 0.15) is 0 Å². The summed E-state index contributed by atoms with van der Waals surface area (Å²) in [5.74, 6) is -2.86. The number of carbonyl (C=O) groups excluding carboxylic acids is 2. The fraction of sp³-hybridized carbons (Fsp3) is 0. The normalized spacial score (nSPS) is 8.00. The van der Waals surface area contributed by atoms with E-state index in [2.05, 4.69) is 10.1 Å². The molecule has 7 heteroatoms. The maximum absolute atomic E-state index is 9.92. The summed E-state index contributed by atoms with van der Waals surface area (Å²) < 4.78 is 21.3. The van der Waals surface area contributed by atoms with Crippen molar-refractivity contribution in [3.63, 3.8) is 0 Å². The van der Waals surface area contributed by atoms with E-state index >= 15 is 0 Å². The molecule has 0 aromatic rings. The number of rotatable bonds is 0. The van der Waals surface area contributed by atoms with E-state index in [0.29, 0.717) is 0 Å². The molecule has 6 nitrogen and oxygen atoms in total. The van der Waals surface area contributed by atoms with Gasteiger partial charge in [0, 0.05) is 0 Å². The first kappa shape index (κ1) is 7.76. The third-order valence-corrected chi connectivity index (χ3v) is 0.683. The van der Waals surface area contributed by atoms with Gasteiger partial charge in [0.15, 0.2) is 0 Å². The second kappa shape index (κ2) is 2.92. The number of hydrogen-bond acceptors (Lipinski definition) is 4. The third-order valence-electron chi connectivity index (χ3n) is 0.368. The Morgan fingerprint density at radius 3 is 1.89 bits per heavy atom. The Balaban J connectivity index is 4.47. The Morgan fingerprint density at radius 2 is 1.78 bits per heavy atom. The number of carbonyl (C=O) groups is 2. The van der Waals surface area contributed by atoms with E-state index in [9.17, 15) is 18.0 Å². The van der Waals surface area contributed by atoms with Crippen LogP contribution in [0.25, 0.3) is 0 Å². The second-order valence-electron chi connectivity index (χ2n) is 0.978. The molecular formula is C2H2N2O4S. The fourth-order valence-corrected chi connectivity index (χ4v) is 0.338. The van der Waals surface area contributed by atoms with E-state index in [-0.39, 0.29) is 0 Å². The van der Waals surface area contributed by atoms with Crippen LogP contribution in [0.2, 0.25) is 0 Å². The van der Waals surface area contributed by atoms with Crippen molar-refractivity contribution in [2.45, 2.75) is 0 Å². The molecule has 9 heavy (non-hydrogen) atoms. The minimum atomic E-state index is -2.89. The minimum absolute atomic E-state index is 1.39. The van der Waals surface area contributed by atoms with Crippen molar-refractivity contribution in [2.75, 3.05) is 0 Å². The summed E-state index contributed by atoms with van der Waals surface area (Å²) in [5.41, 5.74) is 4.33. The molecule has 0 saturated heterocycles. The van der Waals surface area contributed by atoms with E-state index in [1.54, 1.807) is 0 Å². The molecule has 0 aliphatic heterocycles. The predicted octanol–water partition coefficient (Wildman–Crippen LogP) is -1.94. The van der Waals surface area contributed by atoms with E-state index in [4.69, 9.17) is 0 Å². The molecule has 0 aromatic carbocycles. The van der Waals surface area contributed by atoms with Gasteiger partial charge in [-0.2, -0.15) is 8.42 Å². The smallest absolute Gasteiger partial charge is 0.349 e. The van der Waals surface area contributed by atoms with Crippen LogP contribution < -0.4 is 5.73 Å². The topological polar surface area (TPSA) is 107 Å². The van der Waals surface area contributed by atoms with Crippen molar-refractivity contribution >= 4 is 22.3 Å². The molecular weight excluding hydrogens is 148 g/mol. The molecule has 0 saturated carbocycles. The Labute approximate surface area is 51.4 Å². The van der Waals surface area contributed by atoms with Crippen molar-refractivity contribution in [1.82, 2.24) is 0 Å². The summed E-state index contributed by atoms with van der Waals surface area (Å²) in [5, 5.41) is 0. The largest absolute Gasteiger partial charge is 0.361 e. The molecule has 2 amide bonds. The van der Waals surface area contributed by atoms with Crippen molar-refractivity contribution in [3.05, 3.63) is 0 Å². The minimum Gasteiger partial charge on any atom is -0.361 e. The Hall–Kier alpha value is -1.24. The molecule has 0 atom stereocenters. The highest BCUT2D eigenvalue weighted by atomic mass is 32.2. The lowest BCUT2D eigenvalue weighted by Crippen LogP contribution is -2.20. The SMILES string of the molecule is NC(=O)C(=O)N=S(=O)=O. The summed E-state index contributed by atoms with van der Waals surface area (Å²) in [7, 11) is -2.89. The molecule has 50 valence electrons. The van der Waals surface area contributed by atoms with Crippen LogP contribution in [-0.2, 0) is 20.1 Å². The van der Waals surface area contributed by atoms with Crippen molar-refractivity contribution in [3.8, 4) is 0 Å². The Bertz CT molecular complexity index is 254. The highest BCUT2D eigenvalue weighted by Crippen LogP contribution is 1.69. The zero-order chi connectivity index (χ0) is 7.44. The molecule has 0 radical (unpaired) electrons. The number of nitrogens with zero attached hydrogens (tertiary/aromatic N) is 1. The number of nitrogens with two attached hydrogens (primary N) is 1. The molecule has 2 N–H and O–H groups in total. The molecule has 0 fully saturated rings. The Morgan fingerprint density at radius 1 is 1.33 bits per heavy atom. The van der Waals surface area contributed by atoms with Gasteiger partial charge in [-0.1, -0.05) is 4.36 Å². The van der Waals surface area contributed by atoms with Gasteiger partial charge in [0.05, 0.1) is 0 Å². The molecule has 0 bridgehead atoms. The monoisotopic (exact) mass is 150 g/mol. The fourth-order valence-electron chi connectivity index (χ4n) is 0.113. The zero-order valence-corrected chi connectivity index (χ0v) is 4.88. The molecule has 0 aromatic heterocycles. The average Bonchev–Trinajstić information content (AvgIpc) is 1.63. The maximum atomic E-state index is 9.92. The van der Waals surface area contributed by atoms with Crippen LogP contribution in [0, 0.1) is 0 Å². The van der Waals surface area contributed by atoms with Crippen LogP contribution in [0.3, 0.4) is 0 Å². The summed E-state index contributed by atoms with van der Waals surface area (Å²) in [6.07, 6.45) is 0. The Kier molecular flexibility index (Phi) is 2.52. The molecule has 0 unspecified atom stereocenters. The second-order valence-corrected chi connectivity index (χ2v) is 1.59. The third kappa shape index (κ3) is 3.35. The van der Waals surface area contributed by atoms with Crippen LogP contribution >= 0.6 is 0 Å². The van der Waals surface area contributed by atoms with Gasteiger partial charge in [-0.25, -0.2) is 0 Å². The van der Waals surface area contributed by atoms with Gasteiger partial charge in [0.25, 0.3) is 0 Å². The highest BCUT2D eigenvalue weighted by Gasteiger charge is 2.05. The number of amides is 2. The molecule has 0 rings (SSSR count). The van der Waals surface area contributed by atoms with Crippen LogP contribution in [0.5, 0.6) is 0 Å². The summed E-state index contributed by atoms with van der Waals surface area (Å²) in [4.78, 5) is 19.7. The van der Waals surface area contributed by atoms with Crippen LogP contribution in [0.15, 0.2) is 4.36 Å². The first-order valence-corrected chi connectivity index (χ1v) is 2.72. The zero-order valence-electron chi connectivity index (χ0n) is 4.07. The standard InChI is InChI=1S/C2H2N2O4S/c3-1(5)2(6)4-9(7)8/h(H2,3,5). The molecule has 0 aliphatic carbocycles. The van der Waals surface area contributed by atoms with Crippen molar-refractivity contribution < 1.29 is 18.0 Å². The van der Waals surface area contributed by atoms with E-state index in [1.165, 1.54) is 0 Å². The highest BCUT2D eigenvalue weighted by molar-refractivity contribution is 7.62. The van der Waals surface area contributed by atoms with Gasteiger partial charge in [-0.3, -0.25) is 9.59 Å². The number of hydrogen-bond donors (Lipinski definition) is 1. The average molecular weight is 150 g/mol. The van der Waals surface area contributed by atoms with Gasteiger partial charge in [0.2, 0.25) is 0 Å². The van der Waals surface area contributed by atoms with Gasteiger partial charge in [-0.15, -0.1) is 0 Å². The maximum Gasteiger partial charge on any atom is 0.349 e. The van der Waals surface area contributed by atoms with Gasteiger partial charge < -0.3 is 5.73 Å². The van der Waals surface area contributed by atoms with Crippen molar-refractivity contribution in [1.29, 1.82) is 0 Å². The lowest BCUT2D eigenvalue weighted by Gasteiger charge is -1.75. The molecule has 0 heterocycles. The van der Waals surface area contributed by atoms with Crippen LogP contribution in [0.1, 0.15) is 0 Å². The summed E-state index contributed by atoms with van der Waals surface area (Å²) >= 11 is 0. The lowest BCUT2D eigenvalue weighted by molar-refractivity contribution is -0.135. The quantitative estimate of drug-likeness (QED) is 0.405.